The van der Waals surface area contributed by atoms with Gasteiger partial charge in [0.1, 0.15) is 5.82 Å². The average molecular weight is 351 g/mol. The van der Waals surface area contributed by atoms with Crippen molar-refractivity contribution in [1.82, 2.24) is 14.8 Å². The lowest BCUT2D eigenvalue weighted by molar-refractivity contribution is -0.117. The van der Waals surface area contributed by atoms with Crippen LogP contribution in [0.4, 0.5) is 16.3 Å². The minimum Gasteiger partial charge on any atom is -0.295 e. The highest BCUT2D eigenvalue weighted by molar-refractivity contribution is 6.03. The summed E-state index contributed by atoms with van der Waals surface area (Å²) >= 11 is 0. The average Bonchev–Trinajstić information content (AvgIpc) is 3.03. The minimum atomic E-state index is -0.532. The predicted molar refractivity (Wildman–Crippen MR) is 92.2 cm³/mol. The van der Waals surface area contributed by atoms with Gasteiger partial charge in [-0.1, -0.05) is 36.4 Å². The Labute approximate surface area is 147 Å². The van der Waals surface area contributed by atoms with Crippen molar-refractivity contribution in [2.45, 2.75) is 12.5 Å². The van der Waals surface area contributed by atoms with Crippen LogP contribution < -0.4 is 10.6 Å². The van der Waals surface area contributed by atoms with Crippen molar-refractivity contribution in [3.63, 3.8) is 0 Å². The molecule has 130 valence electrons. The molecule has 0 aliphatic carbocycles. The van der Waals surface area contributed by atoms with Crippen LogP contribution in [0, 0.1) is 5.82 Å². The second-order valence-corrected chi connectivity index (χ2v) is 5.85. The molecule has 1 aromatic heterocycles. The zero-order valence-electron chi connectivity index (χ0n) is 13.5. The number of rotatable bonds is 3. The Kier molecular flexibility index (Phi) is 3.92. The first-order chi connectivity index (χ1) is 12.6. The fourth-order valence-electron chi connectivity index (χ4n) is 2.85. The third-order valence-corrected chi connectivity index (χ3v) is 4.05. The van der Waals surface area contributed by atoms with Gasteiger partial charge in [0.25, 0.3) is 11.9 Å². The van der Waals surface area contributed by atoms with E-state index in [2.05, 4.69) is 20.7 Å². The lowest BCUT2D eigenvalue weighted by Gasteiger charge is -2.23. The van der Waals surface area contributed by atoms with Gasteiger partial charge in [-0.05, 0) is 23.8 Å². The number of aromatic nitrogens is 3. The molecular formula is C18H14FN5O2. The summed E-state index contributed by atoms with van der Waals surface area (Å²) in [7, 11) is 0. The number of carbonyl (C=O) groups excluding carboxylic acids is 2. The molecule has 1 aliphatic heterocycles. The highest BCUT2D eigenvalue weighted by Crippen LogP contribution is 2.29. The first-order valence-corrected chi connectivity index (χ1v) is 7.98. The van der Waals surface area contributed by atoms with Crippen LogP contribution in [0.3, 0.4) is 0 Å². The number of halogens is 1. The molecule has 26 heavy (non-hydrogen) atoms. The maximum Gasteiger partial charge on any atom is 0.258 e. The van der Waals surface area contributed by atoms with Crippen LogP contribution in [0.15, 0.2) is 54.6 Å². The molecule has 2 aromatic carbocycles. The van der Waals surface area contributed by atoms with E-state index in [1.54, 1.807) is 4.68 Å². The second kappa shape index (κ2) is 6.40. The summed E-state index contributed by atoms with van der Waals surface area (Å²) in [4.78, 5) is 28.4. The number of carbonyl (C=O) groups is 2. The van der Waals surface area contributed by atoms with E-state index in [1.165, 1.54) is 18.2 Å². The highest BCUT2D eigenvalue weighted by Gasteiger charge is 2.29. The number of nitrogens with zero attached hydrogens (tertiary/aromatic N) is 3. The highest BCUT2D eigenvalue weighted by atomic mass is 19.1. The molecule has 0 saturated heterocycles. The maximum atomic E-state index is 13.3. The third-order valence-electron chi connectivity index (χ3n) is 4.05. The van der Waals surface area contributed by atoms with Crippen LogP contribution in [-0.4, -0.2) is 26.6 Å². The number of hydrogen-bond donors (Lipinski definition) is 2. The Balaban J connectivity index is 1.63. The largest absolute Gasteiger partial charge is 0.295 e. The Morgan fingerprint density at radius 3 is 2.77 bits per heavy atom. The van der Waals surface area contributed by atoms with E-state index in [9.17, 15) is 14.0 Å². The Hall–Kier alpha value is -3.55. The molecule has 1 atom stereocenters. The lowest BCUT2D eigenvalue weighted by atomic mass is 10.0. The number of hydrogen-bond acceptors (Lipinski definition) is 4. The summed E-state index contributed by atoms with van der Waals surface area (Å²) in [6.45, 7) is 0. The van der Waals surface area contributed by atoms with E-state index in [0.717, 1.165) is 11.6 Å². The van der Waals surface area contributed by atoms with Gasteiger partial charge >= 0.3 is 0 Å². The fourth-order valence-corrected chi connectivity index (χ4v) is 2.85. The predicted octanol–water partition coefficient (Wildman–Crippen LogP) is 2.60. The lowest BCUT2D eigenvalue weighted by Crippen LogP contribution is -2.29. The first-order valence-electron chi connectivity index (χ1n) is 7.98. The summed E-state index contributed by atoms with van der Waals surface area (Å²) in [5.74, 6) is -0.926. The van der Waals surface area contributed by atoms with Crippen LogP contribution >= 0.6 is 0 Å². The van der Waals surface area contributed by atoms with Gasteiger partial charge < -0.3 is 0 Å². The van der Waals surface area contributed by atoms with Crippen molar-refractivity contribution >= 4 is 23.7 Å². The minimum absolute atomic E-state index is 0.0393. The number of nitrogens with one attached hydrogen (secondary N) is 2. The molecule has 8 heteroatoms. The van der Waals surface area contributed by atoms with E-state index < -0.39 is 11.7 Å². The van der Waals surface area contributed by atoms with E-state index in [0.29, 0.717) is 0 Å². The molecule has 0 saturated carbocycles. The molecule has 2 amide bonds. The number of benzene rings is 2. The zero-order valence-corrected chi connectivity index (χ0v) is 13.5. The molecule has 0 fully saturated rings. The van der Waals surface area contributed by atoms with Crippen LogP contribution in [0.5, 0.6) is 0 Å². The molecule has 3 aromatic rings. The molecule has 0 unspecified atom stereocenters. The monoisotopic (exact) mass is 351 g/mol. The first kappa shape index (κ1) is 15.9. The van der Waals surface area contributed by atoms with Gasteiger partial charge in [0.2, 0.25) is 11.9 Å². The summed E-state index contributed by atoms with van der Waals surface area (Å²) in [6, 6.07) is 14.5. The SMILES string of the molecule is O=C1C[C@H](c2ccccc2)n2nc(NC(=O)c3cccc(F)c3)nc2N1. The summed E-state index contributed by atoms with van der Waals surface area (Å²) in [5.41, 5.74) is 1.07. The van der Waals surface area contributed by atoms with Crippen molar-refractivity contribution in [2.24, 2.45) is 0 Å². The van der Waals surface area contributed by atoms with Gasteiger partial charge in [-0.2, -0.15) is 4.98 Å². The van der Waals surface area contributed by atoms with Gasteiger partial charge in [-0.3, -0.25) is 20.2 Å². The van der Waals surface area contributed by atoms with E-state index in [4.69, 9.17) is 0 Å². The maximum absolute atomic E-state index is 13.3. The molecule has 0 radical (unpaired) electrons. The quantitative estimate of drug-likeness (QED) is 0.759. The molecule has 1 aliphatic rings. The van der Waals surface area contributed by atoms with Gasteiger partial charge in [-0.15, -0.1) is 5.10 Å². The Bertz CT molecular complexity index is 986. The molecule has 2 N–H and O–H groups in total. The summed E-state index contributed by atoms with van der Waals surface area (Å²) in [6.07, 6.45) is 0.220. The van der Waals surface area contributed by atoms with Crippen molar-refractivity contribution < 1.29 is 14.0 Å². The number of fused-ring (bicyclic) bond motifs is 1. The smallest absolute Gasteiger partial charge is 0.258 e. The van der Waals surface area contributed by atoms with Crippen molar-refractivity contribution in [3.05, 3.63) is 71.5 Å². The molecule has 2 heterocycles. The Morgan fingerprint density at radius 2 is 2.00 bits per heavy atom. The molecular weight excluding hydrogens is 337 g/mol. The van der Waals surface area contributed by atoms with E-state index in [1.807, 2.05) is 30.3 Å². The topological polar surface area (TPSA) is 88.9 Å². The van der Waals surface area contributed by atoms with Crippen molar-refractivity contribution in [3.8, 4) is 0 Å². The van der Waals surface area contributed by atoms with Crippen molar-refractivity contribution in [1.29, 1.82) is 0 Å². The van der Waals surface area contributed by atoms with Crippen molar-refractivity contribution in [2.75, 3.05) is 10.6 Å². The normalized spacial score (nSPS) is 15.9. The van der Waals surface area contributed by atoms with Crippen LogP contribution in [0.25, 0.3) is 0 Å². The van der Waals surface area contributed by atoms with Gasteiger partial charge in [-0.25, -0.2) is 9.07 Å². The summed E-state index contributed by atoms with van der Waals surface area (Å²) in [5, 5.41) is 9.47. The standard InChI is InChI=1S/C18H14FN5O2/c19-13-8-4-7-12(9-13)16(26)21-17-22-18-20-15(25)10-14(24(18)23-17)11-5-2-1-3-6-11/h1-9,14H,10H2,(H2,20,21,22,23,25,26)/t14-/m1/s1. The molecule has 0 bridgehead atoms. The fraction of sp³-hybridized carbons (Fsp3) is 0.111. The molecule has 0 spiro atoms. The van der Waals surface area contributed by atoms with E-state index in [-0.39, 0.29) is 35.8 Å². The second-order valence-electron chi connectivity index (χ2n) is 5.85. The van der Waals surface area contributed by atoms with Crippen LogP contribution in [0.1, 0.15) is 28.4 Å². The number of anilines is 2. The third kappa shape index (κ3) is 3.04. The number of amides is 2. The zero-order chi connectivity index (χ0) is 18.1. The molecule has 4 rings (SSSR count). The molecule has 7 nitrogen and oxygen atoms in total. The Morgan fingerprint density at radius 1 is 1.19 bits per heavy atom. The van der Waals surface area contributed by atoms with Gasteiger partial charge in [0.15, 0.2) is 0 Å². The van der Waals surface area contributed by atoms with Crippen LogP contribution in [-0.2, 0) is 4.79 Å². The van der Waals surface area contributed by atoms with Crippen LogP contribution in [0.2, 0.25) is 0 Å². The van der Waals surface area contributed by atoms with E-state index >= 15 is 0 Å². The summed E-state index contributed by atoms with van der Waals surface area (Å²) < 4.78 is 14.8. The van der Waals surface area contributed by atoms with Gasteiger partial charge in [0.05, 0.1) is 12.5 Å². The van der Waals surface area contributed by atoms with Gasteiger partial charge in [0, 0.05) is 5.56 Å².